The normalized spacial score (nSPS) is 14.3. The van der Waals surface area contributed by atoms with Crippen molar-refractivity contribution in [1.29, 1.82) is 0 Å². The molecule has 0 saturated carbocycles. The Hall–Kier alpha value is -3.49. The zero-order valence-corrected chi connectivity index (χ0v) is 19.0. The van der Waals surface area contributed by atoms with Crippen molar-refractivity contribution < 1.29 is 33.0 Å². The SMILES string of the molecule is CC(C)C(CC(=O)NC(CC(F)F)C(=O)O)NC(=O)OCC1c2ccccc2-c2ccccc21. The molecule has 1 aliphatic rings. The summed E-state index contributed by atoms with van der Waals surface area (Å²) in [6.45, 7) is 3.65. The number of alkyl carbamates (subject to hydrolysis) is 1. The minimum atomic E-state index is -2.87. The molecule has 0 bridgehead atoms. The van der Waals surface area contributed by atoms with Crippen LogP contribution in [-0.4, -0.2) is 48.2 Å². The summed E-state index contributed by atoms with van der Waals surface area (Å²) in [7, 11) is 0. The van der Waals surface area contributed by atoms with Gasteiger partial charge in [-0.3, -0.25) is 4.79 Å². The topological polar surface area (TPSA) is 105 Å². The highest BCUT2D eigenvalue weighted by Crippen LogP contribution is 2.44. The van der Waals surface area contributed by atoms with E-state index in [2.05, 4.69) is 10.6 Å². The van der Waals surface area contributed by atoms with Crippen molar-refractivity contribution in [1.82, 2.24) is 10.6 Å². The van der Waals surface area contributed by atoms with Gasteiger partial charge in [0, 0.05) is 24.8 Å². The van der Waals surface area contributed by atoms with Gasteiger partial charge in [-0.2, -0.15) is 0 Å². The summed E-state index contributed by atoms with van der Waals surface area (Å²) in [5.41, 5.74) is 4.33. The molecule has 2 unspecified atom stereocenters. The molecule has 3 N–H and O–H groups in total. The number of aliphatic carboxylic acids is 1. The summed E-state index contributed by atoms with van der Waals surface area (Å²) in [6.07, 6.45) is -4.85. The Labute approximate surface area is 196 Å². The quantitative estimate of drug-likeness (QED) is 0.480. The van der Waals surface area contributed by atoms with Gasteiger partial charge in [0.15, 0.2) is 0 Å². The van der Waals surface area contributed by atoms with Crippen molar-refractivity contribution in [2.75, 3.05) is 6.61 Å². The van der Waals surface area contributed by atoms with Crippen LogP contribution in [0.15, 0.2) is 48.5 Å². The molecule has 2 atom stereocenters. The first kappa shape index (κ1) is 25.1. The molecular formula is C25H28F2N2O5. The molecule has 0 saturated heterocycles. The lowest BCUT2D eigenvalue weighted by Gasteiger charge is -2.23. The molecule has 1 aliphatic carbocycles. The number of fused-ring (bicyclic) bond motifs is 3. The first-order valence-electron chi connectivity index (χ1n) is 11.1. The molecular weight excluding hydrogens is 446 g/mol. The number of hydrogen-bond acceptors (Lipinski definition) is 4. The van der Waals surface area contributed by atoms with Gasteiger partial charge in [-0.05, 0) is 28.2 Å². The maximum atomic E-state index is 12.6. The fourth-order valence-electron chi connectivity index (χ4n) is 4.10. The lowest BCUT2D eigenvalue weighted by Crippen LogP contribution is -2.47. The Balaban J connectivity index is 1.59. The number of benzene rings is 2. The Bertz CT molecular complexity index is 998. The molecule has 0 fully saturated rings. The molecule has 182 valence electrons. The number of carboxylic acid groups (broad SMARTS) is 1. The van der Waals surface area contributed by atoms with E-state index in [4.69, 9.17) is 9.84 Å². The molecule has 0 aliphatic heterocycles. The molecule has 2 amide bonds. The first-order valence-corrected chi connectivity index (χ1v) is 11.1. The predicted molar refractivity (Wildman–Crippen MR) is 122 cm³/mol. The summed E-state index contributed by atoms with van der Waals surface area (Å²) in [5.74, 6) is -2.60. The van der Waals surface area contributed by atoms with Crippen molar-refractivity contribution in [2.24, 2.45) is 5.92 Å². The third kappa shape index (κ3) is 6.09. The minimum absolute atomic E-state index is 0.104. The van der Waals surface area contributed by atoms with E-state index in [1.807, 2.05) is 48.5 Å². The van der Waals surface area contributed by atoms with Crippen molar-refractivity contribution in [3.8, 4) is 11.1 Å². The van der Waals surface area contributed by atoms with E-state index < -0.39 is 42.9 Å². The van der Waals surface area contributed by atoms with E-state index in [9.17, 15) is 23.2 Å². The highest BCUT2D eigenvalue weighted by atomic mass is 19.3. The second kappa shape index (κ2) is 11.1. The number of ether oxygens (including phenoxy) is 1. The molecule has 0 radical (unpaired) electrons. The van der Waals surface area contributed by atoms with Gasteiger partial charge in [0.05, 0.1) is 0 Å². The van der Waals surface area contributed by atoms with E-state index in [-0.39, 0.29) is 24.9 Å². The largest absolute Gasteiger partial charge is 0.480 e. The van der Waals surface area contributed by atoms with Gasteiger partial charge in [-0.15, -0.1) is 0 Å². The number of carboxylic acids is 1. The molecule has 3 rings (SSSR count). The average molecular weight is 475 g/mol. The van der Waals surface area contributed by atoms with Gasteiger partial charge in [0.25, 0.3) is 0 Å². The van der Waals surface area contributed by atoms with Crippen LogP contribution >= 0.6 is 0 Å². The van der Waals surface area contributed by atoms with Gasteiger partial charge in [-0.25, -0.2) is 18.4 Å². The molecule has 0 heterocycles. The van der Waals surface area contributed by atoms with Crippen molar-refractivity contribution in [3.63, 3.8) is 0 Å². The first-order chi connectivity index (χ1) is 16.2. The number of carbonyl (C=O) groups is 3. The Morgan fingerprint density at radius 3 is 2.03 bits per heavy atom. The second-order valence-corrected chi connectivity index (χ2v) is 8.61. The van der Waals surface area contributed by atoms with E-state index in [0.717, 1.165) is 22.3 Å². The van der Waals surface area contributed by atoms with E-state index in [0.29, 0.717) is 0 Å². The van der Waals surface area contributed by atoms with Crippen molar-refractivity contribution >= 4 is 18.0 Å². The van der Waals surface area contributed by atoms with Gasteiger partial charge < -0.3 is 20.5 Å². The maximum absolute atomic E-state index is 12.6. The highest BCUT2D eigenvalue weighted by molar-refractivity contribution is 5.84. The van der Waals surface area contributed by atoms with Crippen molar-refractivity contribution in [2.45, 2.75) is 51.1 Å². The van der Waals surface area contributed by atoms with Crippen LogP contribution in [0.2, 0.25) is 0 Å². The van der Waals surface area contributed by atoms with Gasteiger partial charge >= 0.3 is 12.1 Å². The van der Waals surface area contributed by atoms with E-state index in [1.54, 1.807) is 13.8 Å². The number of rotatable bonds is 10. The number of carbonyl (C=O) groups excluding carboxylic acids is 2. The highest BCUT2D eigenvalue weighted by Gasteiger charge is 2.30. The standard InChI is InChI=1S/C25H28F2N2O5/c1-14(2)20(12-23(30)28-21(24(31)32)11-22(26)27)29-25(33)34-13-19-17-9-5-3-7-15(17)16-8-4-6-10-18(16)19/h3-10,14,19-22H,11-13H2,1-2H3,(H,28,30)(H,29,33)(H,31,32). The summed E-state index contributed by atoms with van der Waals surface area (Å²) < 4.78 is 30.6. The molecule has 9 heteroatoms. The Kier molecular flexibility index (Phi) is 8.20. The summed E-state index contributed by atoms with van der Waals surface area (Å²) in [5, 5.41) is 13.8. The Morgan fingerprint density at radius 2 is 1.53 bits per heavy atom. The van der Waals surface area contributed by atoms with Gasteiger partial charge in [0.1, 0.15) is 12.6 Å². The molecule has 0 spiro atoms. The van der Waals surface area contributed by atoms with Crippen LogP contribution in [0.3, 0.4) is 0 Å². The van der Waals surface area contributed by atoms with Crippen LogP contribution in [-0.2, 0) is 14.3 Å². The molecule has 0 aromatic heterocycles. The zero-order chi connectivity index (χ0) is 24.8. The average Bonchev–Trinajstić information content (AvgIpc) is 3.10. The number of hydrogen-bond donors (Lipinski definition) is 3. The summed E-state index contributed by atoms with van der Waals surface area (Å²) in [4.78, 5) is 35.9. The zero-order valence-electron chi connectivity index (χ0n) is 19.0. The van der Waals surface area contributed by atoms with Crippen LogP contribution < -0.4 is 10.6 Å². The van der Waals surface area contributed by atoms with Crippen LogP contribution in [0.4, 0.5) is 13.6 Å². The van der Waals surface area contributed by atoms with Crippen molar-refractivity contribution in [3.05, 3.63) is 59.7 Å². The number of alkyl halides is 2. The lowest BCUT2D eigenvalue weighted by molar-refractivity contribution is -0.143. The van der Waals surface area contributed by atoms with Crippen LogP contribution in [0.25, 0.3) is 11.1 Å². The van der Waals surface area contributed by atoms with E-state index in [1.165, 1.54) is 0 Å². The monoisotopic (exact) mass is 474 g/mol. The Morgan fingerprint density at radius 1 is 0.971 bits per heavy atom. The molecule has 34 heavy (non-hydrogen) atoms. The van der Waals surface area contributed by atoms with E-state index >= 15 is 0 Å². The number of halogens is 2. The lowest BCUT2D eigenvalue weighted by atomic mass is 9.98. The molecule has 2 aromatic carbocycles. The fourth-order valence-corrected chi connectivity index (χ4v) is 4.10. The fraction of sp³-hybridized carbons (Fsp3) is 0.400. The predicted octanol–water partition coefficient (Wildman–Crippen LogP) is 4.16. The molecule has 7 nitrogen and oxygen atoms in total. The van der Waals surface area contributed by atoms with Crippen LogP contribution in [0, 0.1) is 5.92 Å². The van der Waals surface area contributed by atoms with Crippen LogP contribution in [0.1, 0.15) is 43.7 Å². The maximum Gasteiger partial charge on any atom is 0.407 e. The molecule has 2 aromatic rings. The summed E-state index contributed by atoms with van der Waals surface area (Å²) in [6, 6.07) is 13.5. The van der Waals surface area contributed by atoms with Gasteiger partial charge in [0.2, 0.25) is 12.3 Å². The smallest absolute Gasteiger partial charge is 0.407 e. The number of amides is 2. The van der Waals surface area contributed by atoms with Crippen LogP contribution in [0.5, 0.6) is 0 Å². The third-order valence-electron chi connectivity index (χ3n) is 5.90. The van der Waals surface area contributed by atoms with Gasteiger partial charge in [-0.1, -0.05) is 62.4 Å². The summed E-state index contributed by atoms with van der Waals surface area (Å²) >= 11 is 0. The third-order valence-corrected chi connectivity index (χ3v) is 5.90. The number of nitrogens with one attached hydrogen (secondary N) is 2. The minimum Gasteiger partial charge on any atom is -0.480 e. The second-order valence-electron chi connectivity index (χ2n) is 8.61.